The summed E-state index contributed by atoms with van der Waals surface area (Å²) in [5, 5.41) is 0. The lowest BCUT2D eigenvalue weighted by Gasteiger charge is -2.55. The van der Waals surface area contributed by atoms with Gasteiger partial charge in [-0.15, -0.1) is 0 Å². The minimum atomic E-state index is 0.0661. The van der Waals surface area contributed by atoms with Gasteiger partial charge in [0, 0.05) is 11.8 Å². The Morgan fingerprint density at radius 2 is 1.47 bits per heavy atom. The van der Waals surface area contributed by atoms with Crippen molar-refractivity contribution in [1.29, 1.82) is 0 Å². The van der Waals surface area contributed by atoms with Crippen molar-refractivity contribution in [1.82, 2.24) is 0 Å². The van der Waals surface area contributed by atoms with Crippen molar-refractivity contribution in [3.63, 3.8) is 0 Å². The van der Waals surface area contributed by atoms with Crippen LogP contribution in [0.2, 0.25) is 0 Å². The van der Waals surface area contributed by atoms with Crippen molar-refractivity contribution < 1.29 is 4.79 Å². The van der Waals surface area contributed by atoms with Crippen molar-refractivity contribution in [3.8, 4) is 0 Å². The van der Waals surface area contributed by atoms with Crippen LogP contribution in [0.5, 0.6) is 0 Å². The van der Waals surface area contributed by atoms with Gasteiger partial charge in [-0.2, -0.15) is 0 Å². The third-order valence-corrected chi connectivity index (χ3v) is 5.54. The van der Waals surface area contributed by atoms with Crippen LogP contribution < -0.4 is 0 Å². The second kappa shape index (κ2) is 3.33. The molecule has 0 aromatic rings. The molecule has 3 rings (SSSR count). The Morgan fingerprint density at radius 1 is 0.933 bits per heavy atom. The highest BCUT2D eigenvalue weighted by molar-refractivity contribution is 5.87. The summed E-state index contributed by atoms with van der Waals surface area (Å²) in [6, 6.07) is 0. The molecule has 0 atom stereocenters. The number of carbonyl (C=O) groups excluding carboxylic acids is 1. The summed E-state index contributed by atoms with van der Waals surface area (Å²) in [4.78, 5) is 12.3. The first-order valence-electron chi connectivity index (χ1n) is 6.46. The van der Waals surface area contributed by atoms with E-state index in [9.17, 15) is 4.79 Å². The van der Waals surface area contributed by atoms with E-state index in [1.54, 1.807) is 0 Å². The highest BCUT2D eigenvalue weighted by atomic mass is 16.1. The van der Waals surface area contributed by atoms with E-state index in [1.165, 1.54) is 12.8 Å². The summed E-state index contributed by atoms with van der Waals surface area (Å²) in [6.45, 7) is 9.04. The summed E-state index contributed by atoms with van der Waals surface area (Å²) < 4.78 is 0. The molecule has 1 heteroatoms. The van der Waals surface area contributed by atoms with Gasteiger partial charge >= 0.3 is 0 Å². The van der Waals surface area contributed by atoms with Crippen LogP contribution in [0.3, 0.4) is 0 Å². The fourth-order valence-corrected chi connectivity index (χ4v) is 3.83. The molecule has 0 heterocycles. The van der Waals surface area contributed by atoms with Crippen molar-refractivity contribution >= 4 is 5.78 Å². The Morgan fingerprint density at radius 3 is 1.80 bits per heavy atom. The van der Waals surface area contributed by atoms with Crippen molar-refractivity contribution in [2.45, 2.75) is 59.8 Å². The molecular weight excluding hydrogens is 184 g/mol. The second-order valence-electron chi connectivity index (χ2n) is 6.43. The SMILES string of the molecule is CC(C)C12CCC(C(C)C)(CC1)C(=O)C2. The predicted molar refractivity (Wildman–Crippen MR) is 62.6 cm³/mol. The third kappa shape index (κ3) is 1.38. The molecule has 0 unspecified atom stereocenters. The number of hydrogen-bond donors (Lipinski definition) is 0. The minimum Gasteiger partial charge on any atom is -0.299 e. The lowest BCUT2D eigenvalue weighted by Crippen LogP contribution is -2.52. The molecule has 3 fully saturated rings. The van der Waals surface area contributed by atoms with E-state index in [1.807, 2.05) is 0 Å². The van der Waals surface area contributed by atoms with Crippen molar-refractivity contribution in [2.75, 3.05) is 0 Å². The molecule has 0 spiro atoms. The van der Waals surface area contributed by atoms with E-state index in [4.69, 9.17) is 0 Å². The lowest BCUT2D eigenvalue weighted by atomic mass is 9.47. The molecule has 0 radical (unpaired) electrons. The van der Waals surface area contributed by atoms with Crippen LogP contribution in [-0.2, 0) is 4.79 Å². The molecule has 0 saturated heterocycles. The largest absolute Gasteiger partial charge is 0.299 e. The summed E-state index contributed by atoms with van der Waals surface area (Å²) in [7, 11) is 0. The maximum Gasteiger partial charge on any atom is 0.139 e. The zero-order valence-electron chi connectivity index (χ0n) is 10.6. The third-order valence-electron chi connectivity index (χ3n) is 5.54. The predicted octanol–water partition coefficient (Wildman–Crippen LogP) is 3.82. The zero-order valence-corrected chi connectivity index (χ0v) is 10.6. The molecule has 0 aromatic heterocycles. The van der Waals surface area contributed by atoms with Gasteiger partial charge in [0.15, 0.2) is 0 Å². The summed E-state index contributed by atoms with van der Waals surface area (Å²) in [5.74, 6) is 1.78. The number of hydrogen-bond acceptors (Lipinski definition) is 1. The molecule has 0 aliphatic heterocycles. The average Bonchev–Trinajstić information content (AvgIpc) is 2.18. The Labute approximate surface area is 93.6 Å². The Kier molecular flexibility index (Phi) is 2.48. The Bertz CT molecular complexity index is 267. The Hall–Kier alpha value is -0.330. The molecule has 3 aliphatic rings. The molecule has 0 amide bonds. The maximum atomic E-state index is 12.3. The first kappa shape index (κ1) is 11.2. The number of Topliss-reactive ketones (excluding diaryl/α,β-unsaturated/α-hetero) is 1. The molecule has 86 valence electrons. The van der Waals surface area contributed by atoms with Gasteiger partial charge < -0.3 is 0 Å². The molecular formula is C14H24O. The fourth-order valence-electron chi connectivity index (χ4n) is 3.83. The number of carbonyl (C=O) groups is 1. The van der Waals surface area contributed by atoms with Gasteiger partial charge in [-0.05, 0) is 42.9 Å². The van der Waals surface area contributed by atoms with E-state index in [2.05, 4.69) is 27.7 Å². The Balaban J connectivity index is 2.27. The topological polar surface area (TPSA) is 17.1 Å². The molecule has 1 nitrogen and oxygen atoms in total. The lowest BCUT2D eigenvalue weighted by molar-refractivity contribution is -0.151. The number of fused-ring (bicyclic) bond motifs is 3. The van der Waals surface area contributed by atoms with E-state index in [-0.39, 0.29) is 5.41 Å². The van der Waals surface area contributed by atoms with Crippen LogP contribution in [0.25, 0.3) is 0 Å². The van der Waals surface area contributed by atoms with Gasteiger partial charge in [0.2, 0.25) is 0 Å². The smallest absolute Gasteiger partial charge is 0.139 e. The first-order chi connectivity index (χ1) is 6.93. The van der Waals surface area contributed by atoms with Gasteiger partial charge in [-0.25, -0.2) is 0 Å². The van der Waals surface area contributed by atoms with Gasteiger partial charge in [0.25, 0.3) is 0 Å². The van der Waals surface area contributed by atoms with Crippen LogP contribution in [0, 0.1) is 22.7 Å². The fraction of sp³-hybridized carbons (Fsp3) is 0.929. The van der Waals surface area contributed by atoms with E-state index in [0.717, 1.165) is 19.3 Å². The quantitative estimate of drug-likeness (QED) is 0.674. The summed E-state index contributed by atoms with van der Waals surface area (Å²) in [6.07, 6.45) is 5.75. The molecule has 0 N–H and O–H groups in total. The summed E-state index contributed by atoms with van der Waals surface area (Å²) in [5.41, 5.74) is 0.435. The molecule has 2 bridgehead atoms. The standard InChI is InChI=1S/C14H24O/c1-10(2)13-5-7-14(8-6-13,11(3)4)12(15)9-13/h10-11H,5-9H2,1-4H3. The van der Waals surface area contributed by atoms with E-state index < -0.39 is 0 Å². The summed E-state index contributed by atoms with van der Waals surface area (Å²) >= 11 is 0. The van der Waals surface area contributed by atoms with Crippen LogP contribution in [0.1, 0.15) is 59.8 Å². The maximum absolute atomic E-state index is 12.3. The highest BCUT2D eigenvalue weighted by Crippen LogP contribution is 2.60. The highest BCUT2D eigenvalue weighted by Gasteiger charge is 2.55. The van der Waals surface area contributed by atoms with E-state index in [0.29, 0.717) is 23.0 Å². The minimum absolute atomic E-state index is 0.0661. The number of ketones is 1. The monoisotopic (exact) mass is 208 g/mol. The normalized spacial score (nSPS) is 40.5. The van der Waals surface area contributed by atoms with Crippen LogP contribution in [0.4, 0.5) is 0 Å². The average molecular weight is 208 g/mol. The van der Waals surface area contributed by atoms with E-state index >= 15 is 0 Å². The van der Waals surface area contributed by atoms with Crippen LogP contribution in [0.15, 0.2) is 0 Å². The molecule has 15 heavy (non-hydrogen) atoms. The van der Waals surface area contributed by atoms with Gasteiger partial charge in [0.1, 0.15) is 5.78 Å². The molecule has 3 aliphatic carbocycles. The van der Waals surface area contributed by atoms with Crippen LogP contribution in [-0.4, -0.2) is 5.78 Å². The zero-order chi connectivity index (χ0) is 11.3. The van der Waals surface area contributed by atoms with Crippen molar-refractivity contribution in [2.24, 2.45) is 22.7 Å². The second-order valence-corrected chi connectivity index (χ2v) is 6.43. The molecule has 3 saturated carbocycles. The van der Waals surface area contributed by atoms with Crippen LogP contribution >= 0.6 is 0 Å². The van der Waals surface area contributed by atoms with Crippen molar-refractivity contribution in [3.05, 3.63) is 0 Å². The first-order valence-corrected chi connectivity index (χ1v) is 6.46. The number of rotatable bonds is 2. The van der Waals surface area contributed by atoms with Gasteiger partial charge in [-0.1, -0.05) is 27.7 Å². The van der Waals surface area contributed by atoms with Gasteiger partial charge in [0.05, 0.1) is 0 Å². The molecule has 0 aromatic carbocycles. The van der Waals surface area contributed by atoms with Gasteiger partial charge in [-0.3, -0.25) is 4.79 Å².